The number of hydrogen-bond acceptors (Lipinski definition) is 6. The first-order valence-electron chi connectivity index (χ1n) is 7.92. The van der Waals surface area contributed by atoms with Gasteiger partial charge in [0.15, 0.2) is 11.5 Å². The molecule has 2 atom stereocenters. The predicted molar refractivity (Wildman–Crippen MR) is 94.3 cm³/mol. The van der Waals surface area contributed by atoms with Gasteiger partial charge in [0.1, 0.15) is 23.4 Å². The van der Waals surface area contributed by atoms with Crippen molar-refractivity contribution >= 4 is 0 Å². The maximum absolute atomic E-state index is 10.6. The van der Waals surface area contributed by atoms with Crippen molar-refractivity contribution in [2.24, 2.45) is 0 Å². The molecule has 25 heavy (non-hydrogen) atoms. The summed E-state index contributed by atoms with van der Waals surface area (Å²) in [6, 6.07) is 9.06. The Morgan fingerprint density at radius 3 is 2.28 bits per heavy atom. The van der Waals surface area contributed by atoms with Crippen molar-refractivity contribution in [2.45, 2.75) is 18.6 Å². The monoisotopic (exact) mass is 348 g/mol. The van der Waals surface area contributed by atoms with Gasteiger partial charge in [0, 0.05) is 25.5 Å². The minimum absolute atomic E-state index is 0. The first-order chi connectivity index (χ1) is 12.1. The SMILES string of the molecule is COc1cc(OC)c2c(c1)O[C@H](c1ccc(OC)c(OC)c1)[C@@H](O)C2.[HH]. The number of hydrogen-bond donors (Lipinski definition) is 1. The molecule has 0 aliphatic carbocycles. The van der Waals surface area contributed by atoms with Crippen LogP contribution >= 0.6 is 0 Å². The van der Waals surface area contributed by atoms with E-state index in [0.717, 1.165) is 11.1 Å². The number of aliphatic hydroxyl groups excluding tert-OH is 1. The van der Waals surface area contributed by atoms with Gasteiger partial charge in [-0.2, -0.15) is 0 Å². The molecule has 6 heteroatoms. The highest BCUT2D eigenvalue weighted by atomic mass is 16.5. The lowest BCUT2D eigenvalue weighted by Crippen LogP contribution is -2.30. The van der Waals surface area contributed by atoms with Gasteiger partial charge < -0.3 is 28.8 Å². The molecule has 0 amide bonds. The Morgan fingerprint density at radius 1 is 0.920 bits per heavy atom. The fourth-order valence-electron chi connectivity index (χ4n) is 3.05. The second kappa shape index (κ2) is 7.11. The van der Waals surface area contributed by atoms with Gasteiger partial charge in [-0.15, -0.1) is 0 Å². The third-order valence-electron chi connectivity index (χ3n) is 4.35. The molecule has 0 saturated heterocycles. The Bertz CT molecular complexity index is 764. The summed E-state index contributed by atoms with van der Waals surface area (Å²) >= 11 is 0. The minimum Gasteiger partial charge on any atom is -0.496 e. The standard InChI is InChI=1S/C19H22O6.H2/c1-21-12-8-16(23-3)13-10-14(20)19(25-17(13)9-12)11-5-6-15(22-2)18(7-11)24-4;/h5-9,14,19-20H,10H2,1-4H3;1H/t14-,19+;/m0./s1. The fourth-order valence-corrected chi connectivity index (χ4v) is 3.05. The smallest absolute Gasteiger partial charge is 0.161 e. The van der Waals surface area contributed by atoms with E-state index in [1.54, 1.807) is 46.6 Å². The van der Waals surface area contributed by atoms with Gasteiger partial charge in [0.05, 0.1) is 34.5 Å². The van der Waals surface area contributed by atoms with Crippen LogP contribution in [0.4, 0.5) is 0 Å². The molecule has 0 aromatic heterocycles. The number of benzene rings is 2. The van der Waals surface area contributed by atoms with Crippen molar-refractivity contribution in [2.75, 3.05) is 28.4 Å². The first kappa shape index (κ1) is 17.2. The molecule has 1 N–H and O–H groups in total. The molecule has 1 heterocycles. The van der Waals surface area contributed by atoms with Gasteiger partial charge >= 0.3 is 0 Å². The number of methoxy groups -OCH3 is 4. The van der Waals surface area contributed by atoms with Crippen molar-refractivity contribution in [3.63, 3.8) is 0 Å². The molecular formula is C19H24O6. The van der Waals surface area contributed by atoms with Crippen LogP contribution in [0.25, 0.3) is 0 Å². The molecule has 6 nitrogen and oxygen atoms in total. The maximum atomic E-state index is 10.6. The fraction of sp³-hybridized carbons (Fsp3) is 0.368. The summed E-state index contributed by atoms with van der Waals surface area (Å²) < 4.78 is 27.4. The van der Waals surface area contributed by atoms with Gasteiger partial charge in [0.2, 0.25) is 0 Å². The summed E-state index contributed by atoms with van der Waals surface area (Å²) in [4.78, 5) is 0. The van der Waals surface area contributed by atoms with Gasteiger partial charge in [0.25, 0.3) is 0 Å². The average molecular weight is 348 g/mol. The van der Waals surface area contributed by atoms with Crippen molar-refractivity contribution in [1.82, 2.24) is 0 Å². The molecule has 0 radical (unpaired) electrons. The molecule has 1 aliphatic rings. The van der Waals surface area contributed by atoms with Crippen LogP contribution < -0.4 is 23.7 Å². The Morgan fingerprint density at radius 2 is 1.64 bits per heavy atom. The molecule has 2 aromatic carbocycles. The van der Waals surface area contributed by atoms with E-state index in [4.69, 9.17) is 23.7 Å². The zero-order valence-corrected chi connectivity index (χ0v) is 14.7. The van der Waals surface area contributed by atoms with E-state index in [9.17, 15) is 5.11 Å². The summed E-state index contributed by atoms with van der Waals surface area (Å²) in [6.07, 6.45) is -0.821. The van der Waals surface area contributed by atoms with Gasteiger partial charge in [-0.05, 0) is 17.7 Å². The lowest BCUT2D eigenvalue weighted by atomic mass is 9.94. The van der Waals surface area contributed by atoms with Crippen LogP contribution in [0.2, 0.25) is 0 Å². The van der Waals surface area contributed by atoms with Gasteiger partial charge in [-0.3, -0.25) is 0 Å². The van der Waals surface area contributed by atoms with Gasteiger partial charge in [-0.25, -0.2) is 0 Å². The van der Waals surface area contributed by atoms with E-state index in [2.05, 4.69) is 0 Å². The zero-order valence-electron chi connectivity index (χ0n) is 14.7. The Kier molecular flexibility index (Phi) is 4.90. The van der Waals surface area contributed by atoms with E-state index in [1.807, 2.05) is 12.1 Å². The third kappa shape index (κ3) is 3.17. The lowest BCUT2D eigenvalue weighted by Gasteiger charge is -2.32. The average Bonchev–Trinajstić information content (AvgIpc) is 2.66. The minimum atomic E-state index is -0.715. The number of rotatable bonds is 5. The lowest BCUT2D eigenvalue weighted by molar-refractivity contribution is 0.0196. The Hall–Kier alpha value is -2.60. The molecule has 0 spiro atoms. The van der Waals surface area contributed by atoms with Crippen LogP contribution in [0.15, 0.2) is 30.3 Å². The van der Waals surface area contributed by atoms with Crippen LogP contribution in [-0.4, -0.2) is 39.6 Å². The Labute approximate surface area is 148 Å². The largest absolute Gasteiger partial charge is 0.496 e. The van der Waals surface area contributed by atoms with Crippen molar-refractivity contribution < 1.29 is 30.2 Å². The van der Waals surface area contributed by atoms with Crippen LogP contribution in [0.3, 0.4) is 0 Å². The second-order valence-corrected chi connectivity index (χ2v) is 5.73. The quantitative estimate of drug-likeness (QED) is 0.896. The molecule has 0 bridgehead atoms. The first-order valence-corrected chi connectivity index (χ1v) is 7.92. The molecule has 136 valence electrons. The number of fused-ring (bicyclic) bond motifs is 1. The molecule has 2 aromatic rings. The summed E-state index contributed by atoms with van der Waals surface area (Å²) in [6.45, 7) is 0. The highest BCUT2D eigenvalue weighted by Gasteiger charge is 2.33. The molecule has 0 saturated carbocycles. The van der Waals surface area contributed by atoms with Crippen molar-refractivity contribution in [3.8, 4) is 28.7 Å². The third-order valence-corrected chi connectivity index (χ3v) is 4.35. The molecule has 0 unspecified atom stereocenters. The topological polar surface area (TPSA) is 66.4 Å². The Balaban J connectivity index is 0.00000243. The highest BCUT2D eigenvalue weighted by Crippen LogP contribution is 2.43. The maximum Gasteiger partial charge on any atom is 0.161 e. The van der Waals surface area contributed by atoms with Crippen LogP contribution in [0.1, 0.15) is 18.7 Å². The van der Waals surface area contributed by atoms with Crippen molar-refractivity contribution in [3.05, 3.63) is 41.5 Å². The van der Waals surface area contributed by atoms with Crippen LogP contribution in [0, 0.1) is 0 Å². The van der Waals surface area contributed by atoms with E-state index in [0.29, 0.717) is 35.2 Å². The van der Waals surface area contributed by atoms with E-state index >= 15 is 0 Å². The number of aliphatic hydroxyl groups is 1. The zero-order chi connectivity index (χ0) is 18.0. The van der Waals surface area contributed by atoms with E-state index in [-0.39, 0.29) is 1.43 Å². The van der Waals surface area contributed by atoms with E-state index < -0.39 is 12.2 Å². The second-order valence-electron chi connectivity index (χ2n) is 5.73. The van der Waals surface area contributed by atoms with E-state index in [1.165, 1.54) is 0 Å². The molecule has 0 fully saturated rings. The summed E-state index contributed by atoms with van der Waals surface area (Å²) in [5.74, 6) is 3.13. The number of ether oxygens (including phenoxy) is 5. The predicted octanol–water partition coefficient (Wildman–Crippen LogP) is 3.00. The molecule has 1 aliphatic heterocycles. The van der Waals surface area contributed by atoms with Crippen LogP contribution in [0.5, 0.6) is 28.7 Å². The summed E-state index contributed by atoms with van der Waals surface area (Å²) in [5.41, 5.74) is 1.63. The molecular weight excluding hydrogens is 324 g/mol. The van der Waals surface area contributed by atoms with Gasteiger partial charge in [-0.1, -0.05) is 6.07 Å². The summed E-state index contributed by atoms with van der Waals surface area (Å²) in [5, 5.41) is 10.6. The van der Waals surface area contributed by atoms with Crippen molar-refractivity contribution in [1.29, 1.82) is 0 Å². The highest BCUT2D eigenvalue weighted by molar-refractivity contribution is 5.53. The van der Waals surface area contributed by atoms with Crippen LogP contribution in [-0.2, 0) is 6.42 Å². The normalized spacial score (nSPS) is 18.8. The summed E-state index contributed by atoms with van der Waals surface area (Å²) in [7, 11) is 6.33. The molecule has 3 rings (SSSR count).